The van der Waals surface area contributed by atoms with E-state index >= 15 is 0 Å². The molecule has 1 aromatic heterocycles. The molecule has 2 saturated heterocycles. The molecule has 1 amide bonds. The van der Waals surface area contributed by atoms with Crippen molar-refractivity contribution in [2.75, 3.05) is 51.6 Å². The lowest BCUT2D eigenvalue weighted by molar-refractivity contribution is 0.0736. The smallest absolute Gasteiger partial charge is 0.287 e. The zero-order valence-corrected chi connectivity index (χ0v) is 18.7. The van der Waals surface area contributed by atoms with Gasteiger partial charge in [0.2, 0.25) is 0 Å². The van der Waals surface area contributed by atoms with E-state index in [1.54, 1.807) is 13.2 Å². The van der Waals surface area contributed by atoms with Crippen LogP contribution >= 0.6 is 11.6 Å². The van der Waals surface area contributed by atoms with Crippen LogP contribution in [-0.4, -0.2) is 77.8 Å². The van der Waals surface area contributed by atoms with Gasteiger partial charge in [0, 0.05) is 57.9 Å². The first-order chi connectivity index (χ1) is 14.9. The van der Waals surface area contributed by atoms with Gasteiger partial charge < -0.3 is 20.4 Å². The Balaban J connectivity index is 1.45. The Labute approximate surface area is 187 Å². The van der Waals surface area contributed by atoms with Crippen LogP contribution in [0.25, 0.3) is 0 Å². The number of halogens is 1. The molecule has 0 radical (unpaired) electrons. The number of likely N-dealkylation sites (N-methyl/N-ethyl adjacent to an activating group) is 1. The molecule has 9 heteroatoms. The highest BCUT2D eigenvalue weighted by Gasteiger charge is 2.27. The molecule has 2 aliphatic rings. The Hall–Kier alpha value is -2.42. The number of aromatic nitrogens is 2. The molecule has 0 unspecified atom stereocenters. The van der Waals surface area contributed by atoms with Gasteiger partial charge in [0.25, 0.3) is 11.5 Å². The summed E-state index contributed by atoms with van der Waals surface area (Å²) in [6, 6.07) is 8.17. The zero-order chi connectivity index (χ0) is 22.0. The number of hydrogen-bond acceptors (Lipinski definition) is 6. The van der Waals surface area contributed by atoms with Crippen molar-refractivity contribution in [2.24, 2.45) is 7.05 Å². The lowest BCUT2D eigenvalue weighted by Crippen LogP contribution is -2.46. The average molecular weight is 445 g/mol. The molecule has 1 aromatic carbocycles. The number of nitrogens with one attached hydrogen (secondary N) is 2. The van der Waals surface area contributed by atoms with Gasteiger partial charge in [0.1, 0.15) is 5.02 Å². The molecule has 2 aromatic rings. The van der Waals surface area contributed by atoms with Crippen LogP contribution in [0.2, 0.25) is 5.02 Å². The number of nitrogens with zero attached hydrogens (tertiary/aromatic N) is 4. The number of likely N-dealkylation sites (tertiary alicyclic amines) is 1. The fraction of sp³-hybridized carbons (Fsp3) is 0.500. The van der Waals surface area contributed by atoms with E-state index in [9.17, 15) is 9.59 Å². The number of hydrogen-bond donors (Lipinski definition) is 2. The Morgan fingerprint density at radius 2 is 1.87 bits per heavy atom. The summed E-state index contributed by atoms with van der Waals surface area (Å²) in [6.45, 7) is 4.98. The molecule has 2 N–H and O–H groups in total. The van der Waals surface area contributed by atoms with E-state index in [1.807, 2.05) is 17.0 Å². The first-order valence-electron chi connectivity index (χ1n) is 10.7. The number of rotatable bonds is 4. The standard InChI is InChI=1S/C22H29ClN6O2/c1-27-13-17(11-18(14-27)26-19-12-25-28(2)22(31)20(19)23)15-3-5-16(6-4-15)21(30)29-9-7-24-8-10-29/h3-6,12,17-18,24,26H,7-11,13-14H2,1-2H3/t17-,18+/m0/s1. The molecule has 2 aliphatic heterocycles. The zero-order valence-electron chi connectivity index (χ0n) is 18.0. The molecule has 8 nitrogen and oxygen atoms in total. The molecule has 2 fully saturated rings. The van der Waals surface area contributed by atoms with Crippen molar-refractivity contribution in [3.8, 4) is 0 Å². The second-order valence-electron chi connectivity index (χ2n) is 8.46. The molecule has 0 spiro atoms. The van der Waals surface area contributed by atoms with Crippen LogP contribution < -0.4 is 16.2 Å². The topological polar surface area (TPSA) is 82.5 Å². The number of carbonyl (C=O) groups is 1. The maximum Gasteiger partial charge on any atom is 0.287 e. The monoisotopic (exact) mass is 444 g/mol. The third-order valence-electron chi connectivity index (χ3n) is 6.10. The minimum Gasteiger partial charge on any atom is -0.378 e. The molecular formula is C22H29ClN6O2. The Bertz CT molecular complexity index is 986. The number of anilines is 1. The van der Waals surface area contributed by atoms with Crippen molar-refractivity contribution in [3.63, 3.8) is 0 Å². The summed E-state index contributed by atoms with van der Waals surface area (Å²) in [5.74, 6) is 0.416. The molecule has 31 heavy (non-hydrogen) atoms. The first kappa shape index (κ1) is 21.8. The average Bonchev–Trinajstić information content (AvgIpc) is 2.79. The second kappa shape index (κ2) is 9.38. The highest BCUT2D eigenvalue weighted by molar-refractivity contribution is 6.32. The van der Waals surface area contributed by atoms with Crippen molar-refractivity contribution < 1.29 is 4.79 Å². The molecule has 0 saturated carbocycles. The minimum atomic E-state index is -0.308. The third-order valence-corrected chi connectivity index (χ3v) is 6.47. The predicted octanol–water partition coefficient (Wildman–Crippen LogP) is 1.38. The van der Waals surface area contributed by atoms with Gasteiger partial charge in [0.15, 0.2) is 0 Å². The van der Waals surface area contributed by atoms with Crippen molar-refractivity contribution in [3.05, 3.63) is 57.0 Å². The van der Waals surface area contributed by atoms with E-state index in [-0.39, 0.29) is 22.5 Å². The fourth-order valence-electron chi connectivity index (χ4n) is 4.45. The summed E-state index contributed by atoms with van der Waals surface area (Å²) in [5.41, 5.74) is 2.21. The number of amides is 1. The SMILES string of the molecule is CN1C[C@H](Nc2cnn(C)c(=O)c2Cl)C[C@H](c2ccc(C(=O)N3CCNCC3)cc2)C1. The van der Waals surface area contributed by atoms with Crippen LogP contribution in [0, 0.1) is 0 Å². The van der Waals surface area contributed by atoms with Crippen LogP contribution in [0.3, 0.4) is 0 Å². The van der Waals surface area contributed by atoms with E-state index in [1.165, 1.54) is 10.2 Å². The van der Waals surface area contributed by atoms with E-state index in [0.717, 1.165) is 51.3 Å². The van der Waals surface area contributed by atoms with E-state index in [0.29, 0.717) is 11.6 Å². The van der Waals surface area contributed by atoms with Crippen molar-refractivity contribution >= 4 is 23.2 Å². The fourth-order valence-corrected chi connectivity index (χ4v) is 4.67. The summed E-state index contributed by atoms with van der Waals surface area (Å²) < 4.78 is 1.23. The minimum absolute atomic E-state index is 0.0983. The Kier molecular flexibility index (Phi) is 6.60. The lowest BCUT2D eigenvalue weighted by Gasteiger charge is -2.37. The van der Waals surface area contributed by atoms with Gasteiger partial charge in [-0.1, -0.05) is 23.7 Å². The van der Waals surface area contributed by atoms with Gasteiger partial charge in [-0.3, -0.25) is 9.59 Å². The van der Waals surface area contributed by atoms with Crippen molar-refractivity contribution in [1.29, 1.82) is 0 Å². The summed E-state index contributed by atoms with van der Waals surface area (Å²) in [7, 11) is 3.67. The normalized spacial score (nSPS) is 22.4. The highest BCUT2D eigenvalue weighted by atomic mass is 35.5. The van der Waals surface area contributed by atoms with Gasteiger partial charge in [-0.15, -0.1) is 0 Å². The van der Waals surface area contributed by atoms with Gasteiger partial charge in [-0.05, 0) is 37.1 Å². The van der Waals surface area contributed by atoms with Gasteiger partial charge in [0.05, 0.1) is 11.9 Å². The summed E-state index contributed by atoms with van der Waals surface area (Å²) in [6.07, 6.45) is 2.50. The van der Waals surface area contributed by atoms with Crippen molar-refractivity contribution in [2.45, 2.75) is 18.4 Å². The molecule has 4 rings (SSSR count). The molecule has 166 valence electrons. The van der Waals surface area contributed by atoms with E-state index in [4.69, 9.17) is 11.6 Å². The van der Waals surface area contributed by atoms with Crippen LogP contribution in [0.15, 0.2) is 35.3 Å². The second-order valence-corrected chi connectivity index (χ2v) is 8.84. The Morgan fingerprint density at radius 1 is 1.16 bits per heavy atom. The summed E-state index contributed by atoms with van der Waals surface area (Å²) in [4.78, 5) is 29.0. The lowest BCUT2D eigenvalue weighted by atomic mass is 9.87. The van der Waals surface area contributed by atoms with Gasteiger partial charge in [-0.25, -0.2) is 4.68 Å². The molecule has 2 atom stereocenters. The maximum atomic E-state index is 12.7. The van der Waals surface area contributed by atoms with Gasteiger partial charge >= 0.3 is 0 Å². The Morgan fingerprint density at radius 3 is 2.58 bits per heavy atom. The van der Waals surface area contributed by atoms with Crippen LogP contribution in [0.4, 0.5) is 5.69 Å². The van der Waals surface area contributed by atoms with Gasteiger partial charge in [-0.2, -0.15) is 5.10 Å². The summed E-state index contributed by atoms with van der Waals surface area (Å²) >= 11 is 6.23. The maximum absolute atomic E-state index is 12.7. The van der Waals surface area contributed by atoms with Crippen LogP contribution in [0.1, 0.15) is 28.3 Å². The van der Waals surface area contributed by atoms with E-state index < -0.39 is 0 Å². The number of carbonyl (C=O) groups excluding carboxylic acids is 1. The molecule has 0 bridgehead atoms. The third kappa shape index (κ3) is 4.92. The highest BCUT2D eigenvalue weighted by Crippen LogP contribution is 2.29. The molecule has 0 aliphatic carbocycles. The predicted molar refractivity (Wildman–Crippen MR) is 122 cm³/mol. The molecule has 3 heterocycles. The summed E-state index contributed by atoms with van der Waals surface area (Å²) in [5, 5.41) is 10.9. The molecular weight excluding hydrogens is 416 g/mol. The van der Waals surface area contributed by atoms with Crippen molar-refractivity contribution in [1.82, 2.24) is 24.9 Å². The quantitative estimate of drug-likeness (QED) is 0.741. The number of benzene rings is 1. The number of piperazine rings is 1. The number of aryl methyl sites for hydroxylation is 1. The van der Waals surface area contributed by atoms with E-state index in [2.05, 4.69) is 39.8 Å². The largest absolute Gasteiger partial charge is 0.378 e. The first-order valence-corrected chi connectivity index (χ1v) is 11.1. The van der Waals surface area contributed by atoms with Crippen LogP contribution in [0.5, 0.6) is 0 Å². The van der Waals surface area contributed by atoms with Crippen LogP contribution in [-0.2, 0) is 7.05 Å². The number of piperidine rings is 1.